The highest BCUT2D eigenvalue weighted by molar-refractivity contribution is 5.09. The van der Waals surface area contributed by atoms with Crippen molar-refractivity contribution in [1.82, 2.24) is 14.5 Å². The normalized spacial score (nSPS) is 11.6. The van der Waals surface area contributed by atoms with E-state index < -0.39 is 0 Å². The zero-order valence-corrected chi connectivity index (χ0v) is 10.4. The topological polar surface area (TPSA) is 21.1 Å². The van der Waals surface area contributed by atoms with Gasteiger partial charge >= 0.3 is 0 Å². The van der Waals surface area contributed by atoms with Crippen LogP contribution in [0.2, 0.25) is 0 Å². The fourth-order valence-corrected chi connectivity index (χ4v) is 1.74. The van der Waals surface area contributed by atoms with Crippen molar-refractivity contribution in [3.05, 3.63) is 30.0 Å². The SMILES string of the molecule is Cc1ncc(CC=CN(C)C)n1C(C)C. The van der Waals surface area contributed by atoms with Gasteiger partial charge in [0.2, 0.25) is 0 Å². The molecule has 0 saturated carbocycles. The van der Waals surface area contributed by atoms with Gasteiger partial charge in [-0.2, -0.15) is 0 Å². The van der Waals surface area contributed by atoms with Crippen LogP contribution in [-0.2, 0) is 6.42 Å². The minimum atomic E-state index is 0.482. The molecule has 0 saturated heterocycles. The molecule has 0 bridgehead atoms. The summed E-state index contributed by atoms with van der Waals surface area (Å²) in [6, 6.07) is 0.482. The highest BCUT2D eigenvalue weighted by Gasteiger charge is 2.07. The van der Waals surface area contributed by atoms with Crippen LogP contribution in [-0.4, -0.2) is 28.5 Å². The predicted molar refractivity (Wildman–Crippen MR) is 63.9 cm³/mol. The summed E-state index contributed by atoms with van der Waals surface area (Å²) in [6.07, 6.45) is 7.15. The van der Waals surface area contributed by atoms with Gasteiger partial charge in [0.05, 0.1) is 0 Å². The van der Waals surface area contributed by atoms with E-state index in [9.17, 15) is 0 Å². The molecule has 0 unspecified atom stereocenters. The molecular weight excluding hydrogens is 186 g/mol. The third-order valence-electron chi connectivity index (χ3n) is 2.31. The minimum Gasteiger partial charge on any atom is -0.384 e. The summed E-state index contributed by atoms with van der Waals surface area (Å²) in [5, 5.41) is 0. The Bertz CT molecular complexity index is 335. The monoisotopic (exact) mass is 207 g/mol. The molecular formula is C12H21N3. The van der Waals surface area contributed by atoms with Gasteiger partial charge in [-0.05, 0) is 27.0 Å². The molecule has 3 nitrogen and oxygen atoms in total. The standard InChI is InChI=1S/C12H21N3/c1-10(2)15-11(3)13-9-12(15)7-6-8-14(4)5/h6,8-10H,7H2,1-5H3. The quantitative estimate of drug-likeness (QED) is 0.756. The van der Waals surface area contributed by atoms with Crippen molar-refractivity contribution in [1.29, 1.82) is 0 Å². The van der Waals surface area contributed by atoms with Crippen molar-refractivity contribution in [2.45, 2.75) is 33.2 Å². The second-order valence-electron chi connectivity index (χ2n) is 4.31. The third-order valence-corrected chi connectivity index (χ3v) is 2.31. The molecule has 1 heterocycles. The van der Waals surface area contributed by atoms with Crippen molar-refractivity contribution in [2.75, 3.05) is 14.1 Å². The summed E-state index contributed by atoms with van der Waals surface area (Å²) in [5.41, 5.74) is 1.28. The molecule has 0 amide bonds. The number of allylic oxidation sites excluding steroid dienone is 1. The van der Waals surface area contributed by atoms with Crippen LogP contribution < -0.4 is 0 Å². The molecule has 15 heavy (non-hydrogen) atoms. The van der Waals surface area contributed by atoms with Gasteiger partial charge in [0.1, 0.15) is 5.82 Å². The predicted octanol–water partition coefficient (Wildman–Crippen LogP) is 2.39. The highest BCUT2D eigenvalue weighted by atomic mass is 15.1. The van der Waals surface area contributed by atoms with Crippen molar-refractivity contribution in [3.8, 4) is 0 Å². The maximum atomic E-state index is 4.35. The van der Waals surface area contributed by atoms with E-state index in [0.29, 0.717) is 6.04 Å². The number of aryl methyl sites for hydroxylation is 1. The number of nitrogens with zero attached hydrogens (tertiary/aromatic N) is 3. The first-order valence-electron chi connectivity index (χ1n) is 5.38. The Morgan fingerprint density at radius 3 is 2.67 bits per heavy atom. The van der Waals surface area contributed by atoms with Crippen LogP contribution in [0.3, 0.4) is 0 Å². The first-order valence-corrected chi connectivity index (χ1v) is 5.38. The van der Waals surface area contributed by atoms with E-state index in [-0.39, 0.29) is 0 Å². The van der Waals surface area contributed by atoms with Crippen LogP contribution in [0.5, 0.6) is 0 Å². The van der Waals surface area contributed by atoms with E-state index >= 15 is 0 Å². The summed E-state index contributed by atoms with van der Waals surface area (Å²) in [6.45, 7) is 6.43. The van der Waals surface area contributed by atoms with E-state index in [1.165, 1.54) is 5.69 Å². The minimum absolute atomic E-state index is 0.482. The smallest absolute Gasteiger partial charge is 0.105 e. The average Bonchev–Trinajstić information content (AvgIpc) is 2.46. The summed E-state index contributed by atoms with van der Waals surface area (Å²) in [4.78, 5) is 6.40. The number of hydrogen-bond acceptors (Lipinski definition) is 2. The second-order valence-corrected chi connectivity index (χ2v) is 4.31. The molecule has 0 spiro atoms. The first kappa shape index (κ1) is 11.8. The molecule has 0 N–H and O–H groups in total. The molecule has 1 aromatic heterocycles. The molecule has 0 aliphatic heterocycles. The summed E-state index contributed by atoms with van der Waals surface area (Å²) >= 11 is 0. The zero-order chi connectivity index (χ0) is 11.4. The molecule has 0 atom stereocenters. The Morgan fingerprint density at radius 1 is 1.47 bits per heavy atom. The molecule has 3 heteroatoms. The van der Waals surface area contributed by atoms with Gasteiger partial charge in [-0.3, -0.25) is 0 Å². The van der Waals surface area contributed by atoms with E-state index in [4.69, 9.17) is 0 Å². The summed E-state index contributed by atoms with van der Waals surface area (Å²) in [5.74, 6) is 1.10. The van der Waals surface area contributed by atoms with Crippen LogP contribution in [0.1, 0.15) is 31.4 Å². The van der Waals surface area contributed by atoms with E-state index in [1.54, 1.807) is 0 Å². The van der Waals surface area contributed by atoms with Crippen LogP contribution in [0, 0.1) is 6.92 Å². The average molecular weight is 207 g/mol. The van der Waals surface area contributed by atoms with E-state index in [1.807, 2.05) is 25.2 Å². The van der Waals surface area contributed by atoms with Gasteiger partial charge in [-0.15, -0.1) is 0 Å². The molecule has 84 valence electrons. The summed E-state index contributed by atoms with van der Waals surface area (Å²) < 4.78 is 2.28. The van der Waals surface area contributed by atoms with Gasteiger partial charge in [-0.1, -0.05) is 6.08 Å². The Morgan fingerprint density at radius 2 is 2.13 bits per heavy atom. The van der Waals surface area contributed by atoms with E-state index in [2.05, 4.69) is 42.6 Å². The molecule has 0 aliphatic carbocycles. The van der Waals surface area contributed by atoms with Crippen LogP contribution in [0.4, 0.5) is 0 Å². The molecule has 0 aliphatic rings. The lowest BCUT2D eigenvalue weighted by Gasteiger charge is -2.13. The lowest BCUT2D eigenvalue weighted by molar-refractivity contribution is 0.554. The molecule has 1 aromatic rings. The fourth-order valence-electron chi connectivity index (χ4n) is 1.74. The maximum absolute atomic E-state index is 4.35. The van der Waals surface area contributed by atoms with Crippen LogP contribution in [0.25, 0.3) is 0 Å². The molecule has 0 fully saturated rings. The number of imidazole rings is 1. The highest BCUT2D eigenvalue weighted by Crippen LogP contribution is 2.13. The van der Waals surface area contributed by atoms with Crippen LogP contribution in [0.15, 0.2) is 18.5 Å². The number of rotatable bonds is 4. The Kier molecular flexibility index (Phi) is 3.95. The van der Waals surface area contributed by atoms with Gasteiger partial charge < -0.3 is 9.47 Å². The second kappa shape index (κ2) is 5.01. The maximum Gasteiger partial charge on any atom is 0.105 e. The Hall–Kier alpha value is -1.25. The zero-order valence-electron chi connectivity index (χ0n) is 10.4. The fraction of sp³-hybridized carbons (Fsp3) is 0.583. The molecule has 0 radical (unpaired) electrons. The van der Waals surface area contributed by atoms with Crippen molar-refractivity contribution in [2.24, 2.45) is 0 Å². The van der Waals surface area contributed by atoms with Crippen molar-refractivity contribution >= 4 is 0 Å². The van der Waals surface area contributed by atoms with Crippen LogP contribution >= 0.6 is 0 Å². The molecule has 0 aromatic carbocycles. The summed E-state index contributed by atoms with van der Waals surface area (Å²) in [7, 11) is 4.06. The van der Waals surface area contributed by atoms with Gasteiger partial charge in [0, 0.05) is 38.4 Å². The number of hydrogen-bond donors (Lipinski definition) is 0. The van der Waals surface area contributed by atoms with Gasteiger partial charge in [0.15, 0.2) is 0 Å². The Labute approximate surface area is 92.4 Å². The lowest BCUT2D eigenvalue weighted by Crippen LogP contribution is -2.07. The largest absolute Gasteiger partial charge is 0.384 e. The third kappa shape index (κ3) is 3.11. The van der Waals surface area contributed by atoms with Crippen molar-refractivity contribution < 1.29 is 0 Å². The number of aromatic nitrogens is 2. The van der Waals surface area contributed by atoms with E-state index in [0.717, 1.165) is 12.2 Å². The Balaban J connectivity index is 2.77. The first-order chi connectivity index (χ1) is 7.02. The van der Waals surface area contributed by atoms with Crippen molar-refractivity contribution in [3.63, 3.8) is 0 Å². The van der Waals surface area contributed by atoms with Gasteiger partial charge in [0.25, 0.3) is 0 Å². The lowest BCUT2D eigenvalue weighted by atomic mass is 10.3. The molecule has 1 rings (SSSR count). The van der Waals surface area contributed by atoms with Gasteiger partial charge in [-0.25, -0.2) is 4.98 Å².